The number of amides is 1. The zero-order valence-corrected chi connectivity index (χ0v) is 11.4. The van der Waals surface area contributed by atoms with Gasteiger partial charge in [0.1, 0.15) is 6.04 Å². The Hall–Kier alpha value is -1.84. The SMILES string of the molecule is O=C(O)C1CCCN1C(=O)C1CCc2ccccc2C1. The molecule has 2 atom stereocenters. The van der Waals surface area contributed by atoms with Crippen LogP contribution in [0, 0.1) is 5.92 Å². The number of rotatable bonds is 2. The number of carboxylic acid groups (broad SMARTS) is 1. The minimum absolute atomic E-state index is 0.0319. The molecule has 106 valence electrons. The molecule has 0 saturated carbocycles. The van der Waals surface area contributed by atoms with Crippen LogP contribution in [0.3, 0.4) is 0 Å². The lowest BCUT2D eigenvalue weighted by molar-refractivity contribution is -0.150. The van der Waals surface area contributed by atoms with Gasteiger partial charge in [0.15, 0.2) is 0 Å². The third kappa shape index (κ3) is 2.30. The summed E-state index contributed by atoms with van der Waals surface area (Å²) in [6, 6.07) is 7.61. The van der Waals surface area contributed by atoms with Crippen molar-refractivity contribution in [1.29, 1.82) is 0 Å². The second-order valence-electron chi connectivity index (χ2n) is 5.74. The van der Waals surface area contributed by atoms with E-state index in [4.69, 9.17) is 0 Å². The molecule has 1 amide bonds. The van der Waals surface area contributed by atoms with E-state index >= 15 is 0 Å². The number of aliphatic carboxylic acids is 1. The highest BCUT2D eigenvalue weighted by molar-refractivity contribution is 5.86. The molecule has 2 aliphatic rings. The molecule has 2 unspecified atom stereocenters. The van der Waals surface area contributed by atoms with Crippen molar-refractivity contribution in [2.75, 3.05) is 6.54 Å². The molecule has 1 heterocycles. The van der Waals surface area contributed by atoms with Gasteiger partial charge in [-0.15, -0.1) is 0 Å². The minimum atomic E-state index is -0.868. The largest absolute Gasteiger partial charge is 0.480 e. The van der Waals surface area contributed by atoms with Gasteiger partial charge in [-0.2, -0.15) is 0 Å². The van der Waals surface area contributed by atoms with Crippen molar-refractivity contribution in [2.24, 2.45) is 5.92 Å². The molecule has 4 nitrogen and oxygen atoms in total. The third-order valence-corrected chi connectivity index (χ3v) is 4.52. The van der Waals surface area contributed by atoms with Gasteiger partial charge in [0.05, 0.1) is 0 Å². The van der Waals surface area contributed by atoms with Crippen LogP contribution in [0.1, 0.15) is 30.4 Å². The number of likely N-dealkylation sites (tertiary alicyclic amines) is 1. The molecule has 0 radical (unpaired) electrons. The van der Waals surface area contributed by atoms with E-state index < -0.39 is 12.0 Å². The van der Waals surface area contributed by atoms with Gasteiger partial charge in [0.25, 0.3) is 0 Å². The van der Waals surface area contributed by atoms with Crippen LogP contribution in [0.4, 0.5) is 0 Å². The number of benzene rings is 1. The summed E-state index contributed by atoms with van der Waals surface area (Å²) in [6.07, 6.45) is 3.88. The van der Waals surface area contributed by atoms with Crippen LogP contribution in [-0.4, -0.2) is 34.5 Å². The van der Waals surface area contributed by atoms with E-state index in [1.807, 2.05) is 12.1 Å². The zero-order valence-electron chi connectivity index (χ0n) is 11.4. The monoisotopic (exact) mass is 273 g/mol. The Morgan fingerprint density at radius 2 is 1.90 bits per heavy atom. The molecular formula is C16H19NO3. The molecule has 4 heteroatoms. The van der Waals surface area contributed by atoms with Crippen molar-refractivity contribution in [3.8, 4) is 0 Å². The molecule has 1 N–H and O–H groups in total. The van der Waals surface area contributed by atoms with Gasteiger partial charge in [-0.25, -0.2) is 4.79 Å². The average molecular weight is 273 g/mol. The Balaban J connectivity index is 1.74. The fourth-order valence-electron chi connectivity index (χ4n) is 3.43. The molecule has 20 heavy (non-hydrogen) atoms. The second kappa shape index (κ2) is 5.27. The maximum Gasteiger partial charge on any atom is 0.326 e. The predicted octanol–water partition coefficient (Wildman–Crippen LogP) is 1.87. The topological polar surface area (TPSA) is 57.6 Å². The first kappa shape index (κ1) is 13.2. The number of aryl methyl sites for hydroxylation is 1. The van der Waals surface area contributed by atoms with Gasteiger partial charge in [0, 0.05) is 12.5 Å². The van der Waals surface area contributed by atoms with Gasteiger partial charge >= 0.3 is 5.97 Å². The van der Waals surface area contributed by atoms with Crippen LogP contribution in [0.5, 0.6) is 0 Å². The van der Waals surface area contributed by atoms with E-state index in [0.29, 0.717) is 13.0 Å². The third-order valence-electron chi connectivity index (χ3n) is 4.52. The Labute approximate surface area is 118 Å². The molecule has 1 aliphatic heterocycles. The fourth-order valence-corrected chi connectivity index (χ4v) is 3.43. The average Bonchev–Trinajstić information content (AvgIpc) is 2.95. The van der Waals surface area contributed by atoms with E-state index in [0.717, 1.165) is 25.7 Å². The number of carboxylic acids is 1. The van der Waals surface area contributed by atoms with E-state index in [2.05, 4.69) is 12.1 Å². The molecule has 0 bridgehead atoms. The van der Waals surface area contributed by atoms with Crippen LogP contribution in [-0.2, 0) is 22.4 Å². The first-order chi connectivity index (χ1) is 9.66. The Bertz CT molecular complexity index is 540. The summed E-state index contributed by atoms with van der Waals surface area (Å²) in [5, 5.41) is 9.19. The molecule has 0 spiro atoms. The van der Waals surface area contributed by atoms with Crippen LogP contribution < -0.4 is 0 Å². The number of hydrogen-bond acceptors (Lipinski definition) is 2. The van der Waals surface area contributed by atoms with Gasteiger partial charge in [-0.05, 0) is 43.2 Å². The van der Waals surface area contributed by atoms with Gasteiger partial charge in [-0.3, -0.25) is 4.79 Å². The van der Waals surface area contributed by atoms with Crippen molar-refractivity contribution in [1.82, 2.24) is 4.90 Å². The van der Waals surface area contributed by atoms with Crippen molar-refractivity contribution in [3.05, 3.63) is 35.4 Å². The lowest BCUT2D eigenvalue weighted by Crippen LogP contribution is -2.44. The van der Waals surface area contributed by atoms with Crippen LogP contribution >= 0.6 is 0 Å². The highest BCUT2D eigenvalue weighted by Crippen LogP contribution is 2.29. The molecular weight excluding hydrogens is 254 g/mol. The Kier molecular flexibility index (Phi) is 3.47. The van der Waals surface area contributed by atoms with Gasteiger partial charge in [0.2, 0.25) is 5.91 Å². The normalized spacial score (nSPS) is 25.3. The number of carbonyl (C=O) groups excluding carboxylic acids is 1. The van der Waals surface area contributed by atoms with Crippen molar-refractivity contribution in [3.63, 3.8) is 0 Å². The zero-order chi connectivity index (χ0) is 14.1. The summed E-state index contributed by atoms with van der Waals surface area (Å²) >= 11 is 0. The fraction of sp³-hybridized carbons (Fsp3) is 0.500. The molecule has 1 saturated heterocycles. The molecule has 1 aromatic carbocycles. The van der Waals surface area contributed by atoms with Gasteiger partial charge < -0.3 is 10.0 Å². The maximum absolute atomic E-state index is 12.6. The molecule has 0 aromatic heterocycles. The standard InChI is InChI=1S/C16H19NO3/c18-15(17-9-3-6-14(17)16(19)20)13-8-7-11-4-1-2-5-12(11)10-13/h1-2,4-5,13-14H,3,6-10H2,(H,19,20). The van der Waals surface area contributed by atoms with Crippen LogP contribution in [0.15, 0.2) is 24.3 Å². The number of nitrogens with zero attached hydrogens (tertiary/aromatic N) is 1. The summed E-state index contributed by atoms with van der Waals surface area (Å²) in [5.41, 5.74) is 2.57. The van der Waals surface area contributed by atoms with E-state index in [9.17, 15) is 14.7 Å². The lowest BCUT2D eigenvalue weighted by Gasteiger charge is -2.29. The molecule has 1 aromatic rings. The first-order valence-electron chi connectivity index (χ1n) is 7.27. The van der Waals surface area contributed by atoms with Crippen molar-refractivity contribution >= 4 is 11.9 Å². The van der Waals surface area contributed by atoms with E-state index in [1.165, 1.54) is 11.1 Å². The number of carbonyl (C=O) groups is 2. The summed E-state index contributed by atoms with van der Waals surface area (Å²) in [4.78, 5) is 25.4. The Morgan fingerprint density at radius 1 is 1.15 bits per heavy atom. The molecule has 3 rings (SSSR count). The van der Waals surface area contributed by atoms with Crippen molar-refractivity contribution in [2.45, 2.75) is 38.1 Å². The smallest absolute Gasteiger partial charge is 0.326 e. The highest BCUT2D eigenvalue weighted by atomic mass is 16.4. The first-order valence-corrected chi connectivity index (χ1v) is 7.27. The van der Waals surface area contributed by atoms with Crippen LogP contribution in [0.25, 0.3) is 0 Å². The Morgan fingerprint density at radius 3 is 2.65 bits per heavy atom. The summed E-state index contributed by atoms with van der Waals surface area (Å²) in [5.74, 6) is -0.888. The predicted molar refractivity (Wildman–Crippen MR) is 74.3 cm³/mol. The quantitative estimate of drug-likeness (QED) is 0.895. The molecule has 1 aliphatic carbocycles. The summed E-state index contributed by atoms with van der Waals surface area (Å²) in [6.45, 7) is 0.591. The lowest BCUT2D eigenvalue weighted by atomic mass is 9.83. The van der Waals surface area contributed by atoms with Crippen molar-refractivity contribution < 1.29 is 14.7 Å². The van der Waals surface area contributed by atoms with E-state index in [1.54, 1.807) is 4.90 Å². The number of fused-ring (bicyclic) bond motifs is 1. The number of hydrogen-bond donors (Lipinski definition) is 1. The highest BCUT2D eigenvalue weighted by Gasteiger charge is 2.37. The van der Waals surface area contributed by atoms with Crippen LogP contribution in [0.2, 0.25) is 0 Å². The molecule has 1 fully saturated rings. The second-order valence-corrected chi connectivity index (χ2v) is 5.74. The van der Waals surface area contributed by atoms with Gasteiger partial charge in [-0.1, -0.05) is 24.3 Å². The minimum Gasteiger partial charge on any atom is -0.480 e. The van der Waals surface area contributed by atoms with E-state index in [-0.39, 0.29) is 11.8 Å². The maximum atomic E-state index is 12.6. The summed E-state index contributed by atoms with van der Waals surface area (Å²) < 4.78 is 0. The summed E-state index contributed by atoms with van der Waals surface area (Å²) in [7, 11) is 0.